The molecule has 1 aliphatic rings. The van der Waals surface area contributed by atoms with Gasteiger partial charge in [0.2, 0.25) is 0 Å². The van der Waals surface area contributed by atoms with Crippen molar-refractivity contribution in [1.29, 1.82) is 0 Å². The van der Waals surface area contributed by atoms with Crippen LogP contribution in [0.4, 0.5) is 0 Å². The number of halogens is 1. The van der Waals surface area contributed by atoms with Gasteiger partial charge in [0.1, 0.15) is 0 Å². The second-order valence-electron chi connectivity index (χ2n) is 4.52. The SMILES string of the molecule is C=CCN1C[C@@H](CN)[C@H](c2ccccc2)C1.Cl. The molecule has 2 N–H and O–H groups in total. The number of rotatable bonds is 4. The summed E-state index contributed by atoms with van der Waals surface area (Å²) in [7, 11) is 0. The Balaban J connectivity index is 0.00000144. The molecule has 2 nitrogen and oxygen atoms in total. The van der Waals surface area contributed by atoms with E-state index in [9.17, 15) is 0 Å². The Morgan fingerprint density at radius 1 is 1.29 bits per heavy atom. The maximum Gasteiger partial charge on any atom is 0.0160 e. The average molecular weight is 253 g/mol. The van der Waals surface area contributed by atoms with E-state index in [2.05, 4.69) is 41.8 Å². The second-order valence-corrected chi connectivity index (χ2v) is 4.52. The van der Waals surface area contributed by atoms with Crippen molar-refractivity contribution >= 4 is 12.4 Å². The van der Waals surface area contributed by atoms with Crippen LogP contribution in [-0.2, 0) is 0 Å². The van der Waals surface area contributed by atoms with Gasteiger partial charge < -0.3 is 5.73 Å². The number of nitrogens with two attached hydrogens (primary N) is 1. The van der Waals surface area contributed by atoms with Crippen LogP contribution < -0.4 is 5.73 Å². The van der Waals surface area contributed by atoms with Crippen molar-refractivity contribution in [3.63, 3.8) is 0 Å². The molecule has 1 fully saturated rings. The van der Waals surface area contributed by atoms with Gasteiger partial charge in [0.05, 0.1) is 0 Å². The number of hydrogen-bond acceptors (Lipinski definition) is 2. The summed E-state index contributed by atoms with van der Waals surface area (Å²) in [6.45, 7) is 7.75. The molecule has 1 heterocycles. The molecule has 0 aliphatic carbocycles. The highest BCUT2D eigenvalue weighted by Gasteiger charge is 2.31. The van der Waals surface area contributed by atoms with Gasteiger partial charge in [0.15, 0.2) is 0 Å². The van der Waals surface area contributed by atoms with Crippen LogP contribution in [0.3, 0.4) is 0 Å². The van der Waals surface area contributed by atoms with Gasteiger partial charge in [-0.05, 0) is 18.0 Å². The topological polar surface area (TPSA) is 29.3 Å². The molecule has 0 saturated carbocycles. The molecule has 1 aliphatic heterocycles. The molecule has 1 aromatic carbocycles. The van der Waals surface area contributed by atoms with E-state index >= 15 is 0 Å². The summed E-state index contributed by atoms with van der Waals surface area (Å²) >= 11 is 0. The van der Waals surface area contributed by atoms with Crippen molar-refractivity contribution in [1.82, 2.24) is 4.90 Å². The third-order valence-electron chi connectivity index (χ3n) is 3.43. The first-order valence-electron chi connectivity index (χ1n) is 5.93. The monoisotopic (exact) mass is 252 g/mol. The lowest BCUT2D eigenvalue weighted by Gasteiger charge is -2.16. The van der Waals surface area contributed by atoms with Gasteiger partial charge in [-0.15, -0.1) is 19.0 Å². The predicted molar refractivity (Wildman–Crippen MR) is 75.6 cm³/mol. The Morgan fingerprint density at radius 2 is 2.00 bits per heavy atom. The molecule has 0 amide bonds. The second kappa shape index (κ2) is 6.80. The highest BCUT2D eigenvalue weighted by molar-refractivity contribution is 5.85. The number of nitrogens with zero attached hydrogens (tertiary/aromatic N) is 1. The predicted octanol–water partition coefficient (Wildman–Crippen LogP) is 2.27. The summed E-state index contributed by atoms with van der Waals surface area (Å²) in [6, 6.07) is 10.7. The van der Waals surface area contributed by atoms with Crippen molar-refractivity contribution in [3.05, 3.63) is 48.6 Å². The molecule has 1 aromatic rings. The zero-order valence-corrected chi connectivity index (χ0v) is 10.9. The van der Waals surface area contributed by atoms with Crippen LogP contribution in [0.25, 0.3) is 0 Å². The van der Waals surface area contributed by atoms with E-state index in [1.165, 1.54) is 5.56 Å². The van der Waals surface area contributed by atoms with Gasteiger partial charge in [-0.25, -0.2) is 0 Å². The summed E-state index contributed by atoms with van der Waals surface area (Å²) < 4.78 is 0. The minimum absolute atomic E-state index is 0. The van der Waals surface area contributed by atoms with Crippen molar-refractivity contribution in [3.8, 4) is 0 Å². The van der Waals surface area contributed by atoms with Crippen LogP contribution >= 0.6 is 12.4 Å². The van der Waals surface area contributed by atoms with Crippen LogP contribution in [0.2, 0.25) is 0 Å². The lowest BCUT2D eigenvalue weighted by molar-refractivity contribution is 0.360. The third kappa shape index (κ3) is 3.32. The van der Waals surface area contributed by atoms with Crippen LogP contribution in [0, 0.1) is 5.92 Å². The molecule has 0 aromatic heterocycles. The highest BCUT2D eigenvalue weighted by Crippen LogP contribution is 2.31. The van der Waals surface area contributed by atoms with Crippen molar-refractivity contribution in [2.45, 2.75) is 5.92 Å². The molecule has 2 rings (SSSR count). The first-order chi connectivity index (χ1) is 7.85. The maximum absolute atomic E-state index is 5.87. The zero-order chi connectivity index (χ0) is 11.4. The zero-order valence-electron chi connectivity index (χ0n) is 10.1. The Morgan fingerprint density at radius 3 is 2.59 bits per heavy atom. The molecule has 2 atom stereocenters. The van der Waals surface area contributed by atoms with E-state index in [1.807, 2.05) is 6.08 Å². The summed E-state index contributed by atoms with van der Waals surface area (Å²) in [5.74, 6) is 1.17. The fourth-order valence-electron chi connectivity index (χ4n) is 2.61. The molecule has 1 saturated heterocycles. The number of benzene rings is 1. The van der Waals surface area contributed by atoms with Crippen LogP contribution in [-0.4, -0.2) is 31.1 Å². The summed E-state index contributed by atoms with van der Waals surface area (Å²) in [6.07, 6.45) is 1.97. The minimum atomic E-state index is 0. The Hall–Kier alpha value is -0.830. The summed E-state index contributed by atoms with van der Waals surface area (Å²) in [5, 5.41) is 0. The largest absolute Gasteiger partial charge is 0.330 e. The quantitative estimate of drug-likeness (QED) is 0.833. The van der Waals surface area contributed by atoms with Crippen LogP contribution in [0.15, 0.2) is 43.0 Å². The van der Waals surface area contributed by atoms with E-state index in [1.54, 1.807) is 0 Å². The smallest absolute Gasteiger partial charge is 0.0160 e. The van der Waals surface area contributed by atoms with Crippen LogP contribution in [0.5, 0.6) is 0 Å². The van der Waals surface area contributed by atoms with E-state index < -0.39 is 0 Å². The van der Waals surface area contributed by atoms with E-state index in [0.717, 1.165) is 26.2 Å². The average Bonchev–Trinajstić information content (AvgIpc) is 2.74. The Bertz CT molecular complexity index is 339. The van der Waals surface area contributed by atoms with E-state index in [-0.39, 0.29) is 12.4 Å². The Kier molecular flexibility index (Phi) is 5.69. The molecule has 17 heavy (non-hydrogen) atoms. The van der Waals surface area contributed by atoms with Gasteiger partial charge in [0.25, 0.3) is 0 Å². The summed E-state index contributed by atoms with van der Waals surface area (Å²) in [5.41, 5.74) is 7.29. The van der Waals surface area contributed by atoms with Crippen molar-refractivity contribution in [2.75, 3.05) is 26.2 Å². The van der Waals surface area contributed by atoms with Gasteiger partial charge in [-0.2, -0.15) is 0 Å². The van der Waals surface area contributed by atoms with E-state index in [0.29, 0.717) is 11.8 Å². The number of likely N-dealkylation sites (tertiary alicyclic amines) is 1. The molecular formula is C14H21ClN2. The maximum atomic E-state index is 5.87. The fourth-order valence-corrected chi connectivity index (χ4v) is 2.61. The normalized spacial score (nSPS) is 24.3. The molecule has 0 bridgehead atoms. The molecule has 94 valence electrons. The van der Waals surface area contributed by atoms with Crippen molar-refractivity contribution < 1.29 is 0 Å². The summed E-state index contributed by atoms with van der Waals surface area (Å²) in [4.78, 5) is 2.43. The van der Waals surface area contributed by atoms with Crippen LogP contribution in [0.1, 0.15) is 11.5 Å². The van der Waals surface area contributed by atoms with Gasteiger partial charge in [-0.1, -0.05) is 36.4 Å². The van der Waals surface area contributed by atoms with Gasteiger partial charge >= 0.3 is 0 Å². The molecule has 3 heteroatoms. The lowest BCUT2D eigenvalue weighted by Crippen LogP contribution is -2.23. The minimum Gasteiger partial charge on any atom is -0.330 e. The van der Waals surface area contributed by atoms with Gasteiger partial charge in [0, 0.05) is 25.6 Å². The first-order valence-corrected chi connectivity index (χ1v) is 5.93. The lowest BCUT2D eigenvalue weighted by atomic mass is 9.89. The standard InChI is InChI=1S/C14H20N2.ClH/c1-2-8-16-10-13(9-15)14(11-16)12-6-4-3-5-7-12;/h2-7,13-14H,1,8-11,15H2;1H/t13-,14+;/m1./s1. The highest BCUT2D eigenvalue weighted by atomic mass is 35.5. The Labute approximate surface area is 110 Å². The third-order valence-corrected chi connectivity index (χ3v) is 3.43. The molecular weight excluding hydrogens is 232 g/mol. The van der Waals surface area contributed by atoms with Crippen molar-refractivity contribution in [2.24, 2.45) is 11.7 Å². The number of hydrogen-bond donors (Lipinski definition) is 1. The molecule has 0 unspecified atom stereocenters. The molecule has 0 radical (unpaired) electrons. The fraction of sp³-hybridized carbons (Fsp3) is 0.429. The first kappa shape index (κ1) is 14.2. The van der Waals surface area contributed by atoms with E-state index in [4.69, 9.17) is 5.73 Å². The van der Waals surface area contributed by atoms with Gasteiger partial charge in [-0.3, -0.25) is 4.90 Å². The molecule has 0 spiro atoms.